The molecule has 3 aromatic rings. The Morgan fingerprint density at radius 1 is 1.33 bits per heavy atom. The molecule has 0 bridgehead atoms. The molecule has 4 amide bonds. The Morgan fingerprint density at radius 3 is 2.87 bits per heavy atom. The number of ether oxygens (including phenoxy) is 1. The summed E-state index contributed by atoms with van der Waals surface area (Å²) in [5, 5.41) is 5.25. The van der Waals surface area contributed by atoms with Gasteiger partial charge in [-0.05, 0) is 17.7 Å². The van der Waals surface area contributed by atoms with Crippen molar-refractivity contribution in [2.75, 3.05) is 13.7 Å². The van der Waals surface area contributed by atoms with Crippen LogP contribution in [0.4, 0.5) is 9.18 Å². The smallest absolute Gasteiger partial charge is 0.322 e. The number of carbonyl (C=O) groups excluding carboxylic acids is 3. The molecule has 0 spiro atoms. The van der Waals surface area contributed by atoms with Crippen LogP contribution in [0.2, 0.25) is 0 Å². The maximum atomic E-state index is 14.7. The molecule has 0 saturated carbocycles. The predicted octanol–water partition coefficient (Wildman–Crippen LogP) is 1.06. The van der Waals surface area contributed by atoms with Crippen molar-refractivity contribution in [1.29, 1.82) is 0 Å². The van der Waals surface area contributed by atoms with E-state index < -0.39 is 29.2 Å². The number of imide groups is 1. The number of rotatable bonds is 4. The van der Waals surface area contributed by atoms with Crippen LogP contribution in [0.3, 0.4) is 0 Å². The van der Waals surface area contributed by atoms with E-state index in [1.165, 1.54) is 36.7 Å². The van der Waals surface area contributed by atoms with E-state index in [0.29, 0.717) is 10.9 Å². The minimum Gasteiger partial charge on any atom is -0.494 e. The molecule has 1 fully saturated rings. The van der Waals surface area contributed by atoms with Crippen LogP contribution < -0.4 is 15.4 Å². The van der Waals surface area contributed by atoms with E-state index in [2.05, 4.69) is 20.6 Å². The Balaban J connectivity index is 1.56. The summed E-state index contributed by atoms with van der Waals surface area (Å²) in [7, 11) is 1.31. The highest BCUT2D eigenvalue weighted by Gasteiger charge is 2.53. The van der Waals surface area contributed by atoms with Crippen LogP contribution in [-0.2, 0) is 16.9 Å². The quantitative estimate of drug-likeness (QED) is 0.615. The fraction of sp³-hybridized carbons (Fsp3) is 0.211. The van der Waals surface area contributed by atoms with Crippen LogP contribution >= 0.6 is 0 Å². The summed E-state index contributed by atoms with van der Waals surface area (Å²) in [5.74, 6) is -2.05. The summed E-state index contributed by atoms with van der Waals surface area (Å²) < 4.78 is 25.3. The molecular weight excluding hydrogens is 397 g/mol. The number of amides is 4. The number of halogens is 1. The Labute approximate surface area is 168 Å². The molecule has 0 radical (unpaired) electrons. The Kier molecular flexibility index (Phi) is 3.75. The Morgan fingerprint density at radius 2 is 2.17 bits per heavy atom. The lowest BCUT2D eigenvalue weighted by atomic mass is 9.95. The Hall–Kier alpha value is -4.02. The average Bonchev–Trinajstić information content (AvgIpc) is 3.37. The van der Waals surface area contributed by atoms with E-state index >= 15 is 0 Å². The first-order chi connectivity index (χ1) is 14.4. The summed E-state index contributed by atoms with van der Waals surface area (Å²) in [5.41, 5.74) is -1.14. The molecule has 2 aromatic heterocycles. The van der Waals surface area contributed by atoms with Gasteiger partial charge in [-0.15, -0.1) is 0 Å². The van der Waals surface area contributed by atoms with Crippen LogP contribution in [0, 0.1) is 5.82 Å². The molecule has 1 aromatic carbocycles. The van der Waals surface area contributed by atoms with Crippen molar-refractivity contribution in [3.05, 3.63) is 53.4 Å². The molecule has 1 atom stereocenters. The van der Waals surface area contributed by atoms with Crippen molar-refractivity contribution in [2.45, 2.75) is 12.1 Å². The van der Waals surface area contributed by atoms with Crippen molar-refractivity contribution in [2.24, 2.45) is 0 Å². The topological polar surface area (TPSA) is 127 Å². The monoisotopic (exact) mass is 411 g/mol. The first kappa shape index (κ1) is 18.0. The zero-order valence-corrected chi connectivity index (χ0v) is 15.6. The summed E-state index contributed by atoms with van der Waals surface area (Å²) in [4.78, 5) is 46.9. The van der Waals surface area contributed by atoms with Gasteiger partial charge in [0.05, 0.1) is 24.6 Å². The van der Waals surface area contributed by atoms with Crippen molar-refractivity contribution in [3.8, 4) is 5.75 Å². The molecule has 11 heteroatoms. The molecule has 4 heterocycles. The molecule has 2 aliphatic heterocycles. The van der Waals surface area contributed by atoms with Gasteiger partial charge in [0.2, 0.25) is 5.71 Å². The second-order valence-electron chi connectivity index (χ2n) is 6.98. The number of carbonyl (C=O) groups is 3. The van der Waals surface area contributed by atoms with Gasteiger partial charge in [0.1, 0.15) is 12.1 Å². The van der Waals surface area contributed by atoms with Gasteiger partial charge >= 0.3 is 6.03 Å². The molecule has 2 N–H and O–H groups in total. The highest BCUT2D eigenvalue weighted by atomic mass is 19.1. The third-order valence-corrected chi connectivity index (χ3v) is 5.26. The number of nitrogens with one attached hydrogen (secondary N) is 2. The fourth-order valence-electron chi connectivity index (χ4n) is 3.82. The van der Waals surface area contributed by atoms with E-state index in [4.69, 9.17) is 9.15 Å². The lowest BCUT2D eigenvalue weighted by molar-refractivity contribution is -0.125. The van der Waals surface area contributed by atoms with Crippen molar-refractivity contribution in [3.63, 3.8) is 0 Å². The fourth-order valence-corrected chi connectivity index (χ4v) is 3.82. The zero-order valence-electron chi connectivity index (χ0n) is 15.6. The van der Waals surface area contributed by atoms with E-state index in [0.717, 1.165) is 0 Å². The van der Waals surface area contributed by atoms with Gasteiger partial charge in [0, 0.05) is 12.7 Å². The number of benzene rings is 1. The van der Waals surface area contributed by atoms with E-state index in [9.17, 15) is 18.8 Å². The van der Waals surface area contributed by atoms with Gasteiger partial charge < -0.3 is 19.4 Å². The largest absolute Gasteiger partial charge is 0.494 e. The number of hydrogen-bond donors (Lipinski definition) is 2. The molecule has 0 unspecified atom stereocenters. The molecular formula is C19H14FN5O5. The lowest BCUT2D eigenvalue weighted by Gasteiger charge is -2.28. The number of methoxy groups -OCH3 is 1. The van der Waals surface area contributed by atoms with Crippen LogP contribution in [-0.4, -0.2) is 46.4 Å². The summed E-state index contributed by atoms with van der Waals surface area (Å²) in [6.07, 6.45) is 2.78. The van der Waals surface area contributed by atoms with Gasteiger partial charge in [-0.2, -0.15) is 0 Å². The molecule has 30 heavy (non-hydrogen) atoms. The van der Waals surface area contributed by atoms with E-state index in [1.807, 2.05) is 0 Å². The SMILES string of the molecule is COc1ccc2c(c1F)C(=O)N(C[C@@]1(c3cc4cncnc4o3)NC(=O)NC1=O)C2. The second-order valence-corrected chi connectivity index (χ2v) is 6.98. The third-order valence-electron chi connectivity index (χ3n) is 5.26. The van der Waals surface area contributed by atoms with Crippen LogP contribution in [0.15, 0.2) is 35.1 Å². The lowest BCUT2D eigenvalue weighted by Crippen LogP contribution is -2.52. The number of nitrogens with zero attached hydrogens (tertiary/aromatic N) is 3. The number of urea groups is 1. The second kappa shape index (κ2) is 6.24. The molecule has 10 nitrogen and oxygen atoms in total. The number of furan rings is 1. The van der Waals surface area contributed by atoms with Gasteiger partial charge in [-0.1, -0.05) is 6.07 Å². The van der Waals surface area contributed by atoms with Crippen LogP contribution in [0.1, 0.15) is 21.7 Å². The van der Waals surface area contributed by atoms with Gasteiger partial charge in [0.15, 0.2) is 17.1 Å². The average molecular weight is 411 g/mol. The van der Waals surface area contributed by atoms with Crippen LogP contribution in [0.25, 0.3) is 11.1 Å². The highest BCUT2D eigenvalue weighted by Crippen LogP contribution is 2.35. The molecule has 5 rings (SSSR count). The van der Waals surface area contributed by atoms with Crippen molar-refractivity contribution in [1.82, 2.24) is 25.5 Å². The molecule has 152 valence electrons. The number of fused-ring (bicyclic) bond motifs is 2. The Bertz CT molecular complexity index is 1210. The molecule has 1 saturated heterocycles. The zero-order chi connectivity index (χ0) is 21.0. The minimum atomic E-state index is -1.70. The predicted molar refractivity (Wildman–Crippen MR) is 97.8 cm³/mol. The number of hydrogen-bond acceptors (Lipinski definition) is 7. The van der Waals surface area contributed by atoms with E-state index in [-0.39, 0.29) is 35.9 Å². The van der Waals surface area contributed by atoms with Crippen molar-refractivity contribution < 1.29 is 27.9 Å². The summed E-state index contributed by atoms with van der Waals surface area (Å²) in [6, 6.07) is 3.82. The van der Waals surface area contributed by atoms with Crippen LogP contribution in [0.5, 0.6) is 5.75 Å². The highest BCUT2D eigenvalue weighted by molar-refractivity contribution is 6.08. The first-order valence-electron chi connectivity index (χ1n) is 8.91. The first-order valence-corrected chi connectivity index (χ1v) is 8.91. The maximum Gasteiger partial charge on any atom is 0.322 e. The molecule has 0 aliphatic carbocycles. The normalized spacial score (nSPS) is 20.5. The third kappa shape index (κ3) is 2.44. The van der Waals surface area contributed by atoms with Crippen molar-refractivity contribution >= 4 is 28.9 Å². The van der Waals surface area contributed by atoms with Gasteiger partial charge in [-0.3, -0.25) is 14.9 Å². The van der Waals surface area contributed by atoms with Gasteiger partial charge in [0.25, 0.3) is 11.8 Å². The summed E-state index contributed by atoms with van der Waals surface area (Å²) >= 11 is 0. The number of aromatic nitrogens is 2. The minimum absolute atomic E-state index is 0.0542. The summed E-state index contributed by atoms with van der Waals surface area (Å²) in [6.45, 7) is -0.215. The van der Waals surface area contributed by atoms with Gasteiger partial charge in [-0.25, -0.2) is 19.2 Å². The van der Waals surface area contributed by atoms with E-state index in [1.54, 1.807) is 6.07 Å². The maximum absolute atomic E-state index is 14.7. The molecule has 2 aliphatic rings. The standard InChI is InChI=1S/C19H14FN5O5/c1-29-11-3-2-9-6-25(16(26)13(9)14(11)20)7-19(17(27)23-18(28)24-19)12-4-10-5-21-8-22-15(10)30-12/h2-5,8H,6-7H2,1H3,(H2,23,24,27,28)/t19-/m0/s1.